The number of terminal acetylenes is 1. The van der Waals surface area contributed by atoms with Gasteiger partial charge in [0.15, 0.2) is 0 Å². The molecule has 2 unspecified atom stereocenters. The van der Waals surface area contributed by atoms with Crippen molar-refractivity contribution in [2.45, 2.75) is 19.0 Å². The molecule has 0 aromatic carbocycles. The van der Waals surface area contributed by atoms with Crippen LogP contribution in [0.2, 0.25) is 0 Å². The van der Waals surface area contributed by atoms with E-state index in [9.17, 15) is 4.79 Å². The lowest BCUT2D eigenvalue weighted by Crippen LogP contribution is -2.39. The van der Waals surface area contributed by atoms with Crippen LogP contribution in [-0.4, -0.2) is 27.8 Å². The van der Waals surface area contributed by atoms with Gasteiger partial charge in [-0.1, -0.05) is 5.92 Å². The Labute approximate surface area is 127 Å². The smallest absolute Gasteiger partial charge is 0.347 e. The van der Waals surface area contributed by atoms with Crippen molar-refractivity contribution < 1.29 is 4.79 Å². The van der Waals surface area contributed by atoms with Crippen molar-refractivity contribution in [2.24, 2.45) is 10.7 Å². The Morgan fingerprint density at radius 1 is 1.58 bits per heavy atom. The first-order valence-corrected chi connectivity index (χ1v) is 6.97. The third-order valence-corrected chi connectivity index (χ3v) is 3.83. The van der Waals surface area contributed by atoms with Gasteiger partial charge in [0.1, 0.15) is 11.9 Å². The molecule has 0 saturated heterocycles. The molecule has 0 aliphatic carbocycles. The first kappa shape index (κ1) is 14.0. The number of aromatic nitrogens is 1. The van der Waals surface area contributed by atoms with E-state index >= 15 is 0 Å². The monoisotopic (exact) mass is 384 g/mol. The third kappa shape index (κ3) is 2.51. The highest BCUT2D eigenvalue weighted by molar-refractivity contribution is 9.11. The van der Waals surface area contributed by atoms with Gasteiger partial charge in [-0.3, -0.25) is 9.88 Å². The molecule has 5 nitrogen and oxygen atoms in total. The molecule has 98 valence electrons. The molecule has 1 aliphatic heterocycles. The zero-order valence-electron chi connectivity index (χ0n) is 9.97. The maximum Gasteiger partial charge on any atom is 0.347 e. The van der Waals surface area contributed by atoms with Crippen LogP contribution in [-0.2, 0) is 0 Å². The van der Waals surface area contributed by atoms with Gasteiger partial charge in [0, 0.05) is 15.1 Å². The summed E-state index contributed by atoms with van der Waals surface area (Å²) >= 11 is 6.73. The first-order valence-electron chi connectivity index (χ1n) is 5.39. The molecule has 2 amide bonds. The van der Waals surface area contributed by atoms with Crippen molar-refractivity contribution in [3.63, 3.8) is 0 Å². The van der Waals surface area contributed by atoms with Crippen LogP contribution in [0.1, 0.15) is 18.7 Å². The summed E-state index contributed by atoms with van der Waals surface area (Å²) in [5.74, 6) is 2.71. The van der Waals surface area contributed by atoms with E-state index in [1.807, 2.05) is 6.07 Å². The maximum absolute atomic E-state index is 11.9. The summed E-state index contributed by atoms with van der Waals surface area (Å²) < 4.78 is 1.55. The van der Waals surface area contributed by atoms with Crippen molar-refractivity contribution in [3.05, 3.63) is 26.9 Å². The van der Waals surface area contributed by atoms with E-state index in [1.54, 1.807) is 13.1 Å². The second-order valence-electron chi connectivity index (χ2n) is 3.99. The summed E-state index contributed by atoms with van der Waals surface area (Å²) in [6, 6.07) is 0.433. The van der Waals surface area contributed by atoms with Crippen LogP contribution in [0.25, 0.3) is 0 Å². The number of hydrogen-bond acceptors (Lipinski definition) is 3. The predicted octanol–water partition coefficient (Wildman–Crippen LogP) is 2.46. The maximum atomic E-state index is 11.9. The van der Waals surface area contributed by atoms with E-state index in [4.69, 9.17) is 12.2 Å². The Hall–Kier alpha value is -1.39. The van der Waals surface area contributed by atoms with Gasteiger partial charge in [0.2, 0.25) is 0 Å². The molecule has 19 heavy (non-hydrogen) atoms. The summed E-state index contributed by atoms with van der Waals surface area (Å²) in [4.78, 5) is 21.4. The topological polar surface area (TPSA) is 71.6 Å². The summed E-state index contributed by atoms with van der Waals surface area (Å²) in [5, 5.41) is 0. The van der Waals surface area contributed by atoms with Crippen molar-refractivity contribution in [1.29, 1.82) is 0 Å². The van der Waals surface area contributed by atoms with Crippen LogP contribution >= 0.6 is 31.9 Å². The quantitative estimate of drug-likeness (QED) is 0.795. The van der Waals surface area contributed by atoms with E-state index in [-0.39, 0.29) is 5.84 Å². The van der Waals surface area contributed by atoms with Gasteiger partial charge < -0.3 is 5.73 Å². The van der Waals surface area contributed by atoms with Gasteiger partial charge in [-0.15, -0.1) is 6.42 Å². The van der Waals surface area contributed by atoms with Crippen LogP contribution in [0.3, 0.4) is 0 Å². The Kier molecular flexibility index (Phi) is 3.92. The number of halogens is 2. The van der Waals surface area contributed by atoms with E-state index in [0.717, 1.165) is 8.95 Å². The van der Waals surface area contributed by atoms with Crippen LogP contribution in [0.15, 0.2) is 26.2 Å². The lowest BCUT2D eigenvalue weighted by Gasteiger charge is -2.27. The van der Waals surface area contributed by atoms with E-state index < -0.39 is 18.1 Å². The lowest BCUT2D eigenvalue weighted by molar-refractivity contribution is 0.198. The lowest BCUT2D eigenvalue weighted by atomic mass is 10.1. The van der Waals surface area contributed by atoms with Crippen molar-refractivity contribution in [2.75, 3.05) is 0 Å². The molecule has 0 fully saturated rings. The van der Waals surface area contributed by atoms with Crippen LogP contribution in [0, 0.1) is 12.3 Å². The fourth-order valence-electron chi connectivity index (χ4n) is 1.85. The summed E-state index contributed by atoms with van der Waals surface area (Å²) in [6.07, 6.45) is 7.02. The highest BCUT2D eigenvalue weighted by atomic mass is 79.9. The number of carbonyl (C=O) groups is 1. The molecule has 7 heteroatoms. The molecule has 2 heterocycles. The molecule has 1 aromatic heterocycles. The normalized spacial score (nSPS) is 20.1. The average molecular weight is 386 g/mol. The molecule has 1 aliphatic rings. The Balaban J connectivity index is 2.49. The Morgan fingerprint density at radius 3 is 2.84 bits per heavy atom. The molecule has 2 atom stereocenters. The Morgan fingerprint density at radius 2 is 2.26 bits per heavy atom. The zero-order chi connectivity index (χ0) is 14.2. The predicted molar refractivity (Wildman–Crippen MR) is 79.5 cm³/mol. The van der Waals surface area contributed by atoms with Crippen LogP contribution < -0.4 is 5.73 Å². The molecule has 2 N–H and O–H groups in total. The van der Waals surface area contributed by atoms with E-state index in [2.05, 4.69) is 47.8 Å². The van der Waals surface area contributed by atoms with Gasteiger partial charge in [-0.2, -0.15) is 4.99 Å². The summed E-state index contributed by atoms with van der Waals surface area (Å²) in [5.41, 5.74) is 6.45. The van der Waals surface area contributed by atoms with Gasteiger partial charge in [0.05, 0.1) is 11.7 Å². The number of hydrogen-bond donors (Lipinski definition) is 1. The minimum Gasteiger partial charge on any atom is -0.385 e. The van der Waals surface area contributed by atoms with Gasteiger partial charge in [-0.25, -0.2) is 4.79 Å². The number of rotatable bonds is 2. The minimum atomic E-state index is -0.541. The van der Waals surface area contributed by atoms with E-state index in [1.165, 1.54) is 4.90 Å². The molecule has 0 spiro atoms. The third-order valence-electron chi connectivity index (χ3n) is 2.76. The zero-order valence-corrected chi connectivity index (χ0v) is 13.1. The number of carbonyl (C=O) groups excluding carboxylic acids is 1. The molecule has 0 bridgehead atoms. The van der Waals surface area contributed by atoms with Crippen LogP contribution in [0.4, 0.5) is 4.79 Å². The second kappa shape index (κ2) is 5.31. The van der Waals surface area contributed by atoms with Gasteiger partial charge >= 0.3 is 6.03 Å². The molecular weight excluding hydrogens is 376 g/mol. The standard InChI is InChI=1S/C12H10Br2N4O/c1-3-6(2)18-10(11(15)17-12(18)19)9-8(14)4-7(13)5-16-9/h1,4-6,10H,2H3,(H2,15,17,19). The first-order chi connectivity index (χ1) is 8.95. The minimum absolute atomic E-state index is 0.197. The largest absolute Gasteiger partial charge is 0.385 e. The van der Waals surface area contributed by atoms with Gasteiger partial charge in [-0.05, 0) is 44.8 Å². The second-order valence-corrected chi connectivity index (χ2v) is 5.76. The number of nitrogens with zero attached hydrogens (tertiary/aromatic N) is 3. The van der Waals surface area contributed by atoms with Crippen molar-refractivity contribution in [3.8, 4) is 12.3 Å². The number of aliphatic imine (C=N–C) groups is 1. The van der Waals surface area contributed by atoms with Crippen molar-refractivity contribution in [1.82, 2.24) is 9.88 Å². The molecule has 0 saturated carbocycles. The van der Waals surface area contributed by atoms with Crippen LogP contribution in [0.5, 0.6) is 0 Å². The number of amidine groups is 1. The number of pyridine rings is 1. The Bertz CT molecular complexity index is 608. The molecular formula is C12H10Br2N4O. The highest BCUT2D eigenvalue weighted by Gasteiger charge is 2.39. The number of nitrogens with two attached hydrogens (primary N) is 1. The summed E-state index contributed by atoms with van der Waals surface area (Å²) in [7, 11) is 0. The van der Waals surface area contributed by atoms with Gasteiger partial charge in [0.25, 0.3) is 0 Å². The average Bonchev–Trinajstić information content (AvgIpc) is 2.63. The highest BCUT2D eigenvalue weighted by Crippen LogP contribution is 2.33. The molecule has 2 rings (SSSR count). The van der Waals surface area contributed by atoms with E-state index in [0.29, 0.717) is 5.69 Å². The number of amides is 2. The molecule has 0 radical (unpaired) electrons. The SMILES string of the molecule is C#CC(C)N1C(=O)N=C(N)C1c1ncc(Br)cc1Br. The number of urea groups is 1. The molecule has 1 aromatic rings. The van der Waals surface area contributed by atoms with Crippen molar-refractivity contribution >= 4 is 43.7 Å². The summed E-state index contributed by atoms with van der Waals surface area (Å²) in [6.45, 7) is 1.74. The fourth-order valence-corrected chi connectivity index (χ4v) is 3.05. The fraction of sp³-hybridized carbons (Fsp3) is 0.250.